The van der Waals surface area contributed by atoms with E-state index in [2.05, 4.69) is 6.58 Å². The van der Waals surface area contributed by atoms with Crippen molar-refractivity contribution in [3.8, 4) is 0 Å². The largest absolute Gasteiger partial charge is 0.462 e. The molecule has 2 aliphatic rings. The number of halogens is 3. The zero-order valence-electron chi connectivity index (χ0n) is 10.2. The fourth-order valence-corrected chi connectivity index (χ4v) is 4.73. The van der Waals surface area contributed by atoms with E-state index in [1.807, 2.05) is 0 Å². The van der Waals surface area contributed by atoms with E-state index < -0.39 is 6.00 Å². The third-order valence-corrected chi connectivity index (χ3v) is 6.71. The lowest BCUT2D eigenvalue weighted by atomic mass is 9.94. The van der Waals surface area contributed by atoms with Gasteiger partial charge < -0.3 is 4.74 Å². The van der Waals surface area contributed by atoms with E-state index in [0.29, 0.717) is 30.6 Å². The predicted molar refractivity (Wildman–Crippen MR) is 77.2 cm³/mol. The molecule has 0 spiro atoms. The Morgan fingerprint density at radius 2 is 2.17 bits per heavy atom. The molecule has 102 valence electrons. The molecule has 2 atom stereocenters. The standard InChI is InChI=1S/C12H17Cl3O2Si/c1-9(12-5-2-4-10(12)8-12)11(16)17-6-3-7-18(13,14)15/h10H,1-8H2. The summed E-state index contributed by atoms with van der Waals surface area (Å²) in [5.41, 5.74) is 0.747. The molecule has 2 fully saturated rings. The zero-order chi connectivity index (χ0) is 13.4. The second-order valence-corrected chi connectivity index (χ2v) is 14.6. The molecule has 2 rings (SSSR count). The van der Waals surface area contributed by atoms with Crippen LogP contribution in [0.15, 0.2) is 12.2 Å². The molecule has 0 N–H and O–H groups in total. The van der Waals surface area contributed by atoms with Gasteiger partial charge in [0.25, 0.3) is 0 Å². The minimum absolute atomic E-state index is 0.0844. The molecule has 0 heterocycles. The van der Waals surface area contributed by atoms with Crippen molar-refractivity contribution in [2.45, 2.75) is 38.1 Å². The summed E-state index contributed by atoms with van der Waals surface area (Å²) in [6, 6.07) is -2.07. The SMILES string of the molecule is C=C(C(=O)OCCC[Si](Cl)(Cl)Cl)C12CCCC1C2. The number of hydrogen-bond donors (Lipinski definition) is 0. The third kappa shape index (κ3) is 3.24. The van der Waals surface area contributed by atoms with Gasteiger partial charge in [-0.25, -0.2) is 4.79 Å². The molecule has 0 aromatic heterocycles. The lowest BCUT2D eigenvalue weighted by molar-refractivity contribution is -0.139. The highest BCUT2D eigenvalue weighted by molar-refractivity contribution is 7.64. The van der Waals surface area contributed by atoms with Crippen molar-refractivity contribution < 1.29 is 9.53 Å². The first-order valence-electron chi connectivity index (χ1n) is 6.28. The minimum atomic E-state index is -2.59. The molecule has 2 saturated carbocycles. The molecular weight excluding hydrogens is 311 g/mol. The van der Waals surface area contributed by atoms with Gasteiger partial charge in [-0.15, -0.1) is 33.2 Å². The predicted octanol–water partition coefficient (Wildman–Crippen LogP) is 4.32. The first kappa shape index (κ1) is 14.7. The van der Waals surface area contributed by atoms with Crippen LogP contribution < -0.4 is 0 Å². The molecule has 6 heteroatoms. The van der Waals surface area contributed by atoms with E-state index in [1.54, 1.807) is 0 Å². The van der Waals surface area contributed by atoms with Gasteiger partial charge in [-0.1, -0.05) is 13.0 Å². The Bertz CT molecular complexity index is 367. The fourth-order valence-electron chi connectivity index (χ4n) is 2.98. The molecule has 0 radical (unpaired) electrons. The summed E-state index contributed by atoms with van der Waals surface area (Å²) in [7, 11) is 0. The minimum Gasteiger partial charge on any atom is -0.462 e. The summed E-state index contributed by atoms with van der Waals surface area (Å²) in [5.74, 6) is 0.413. The van der Waals surface area contributed by atoms with Gasteiger partial charge in [-0.05, 0) is 37.6 Å². The Kier molecular flexibility index (Phi) is 4.37. The van der Waals surface area contributed by atoms with Crippen LogP contribution in [0.3, 0.4) is 0 Å². The second-order valence-electron chi connectivity index (χ2n) is 5.28. The number of ether oxygens (including phenoxy) is 1. The average molecular weight is 328 g/mol. The van der Waals surface area contributed by atoms with Crippen molar-refractivity contribution >= 4 is 45.2 Å². The zero-order valence-corrected chi connectivity index (χ0v) is 13.5. The van der Waals surface area contributed by atoms with E-state index >= 15 is 0 Å². The number of rotatable bonds is 6. The van der Waals surface area contributed by atoms with E-state index in [0.717, 1.165) is 12.8 Å². The van der Waals surface area contributed by atoms with Crippen molar-refractivity contribution in [2.24, 2.45) is 11.3 Å². The highest BCUT2D eigenvalue weighted by atomic mass is 35.8. The molecule has 0 aliphatic heterocycles. The highest BCUT2D eigenvalue weighted by Gasteiger charge is 2.60. The Balaban J connectivity index is 1.71. The molecule has 18 heavy (non-hydrogen) atoms. The first-order chi connectivity index (χ1) is 8.35. The number of fused-ring (bicyclic) bond motifs is 1. The van der Waals surface area contributed by atoms with Crippen LogP contribution in [0, 0.1) is 11.3 Å². The summed E-state index contributed by atoms with van der Waals surface area (Å²) < 4.78 is 5.21. The summed E-state index contributed by atoms with van der Waals surface area (Å²) in [5, 5.41) is 0. The molecule has 0 saturated heterocycles. The second kappa shape index (κ2) is 5.35. The van der Waals surface area contributed by atoms with Crippen LogP contribution in [0.4, 0.5) is 0 Å². The fraction of sp³-hybridized carbons (Fsp3) is 0.750. The average Bonchev–Trinajstić information content (AvgIpc) is 2.85. The summed E-state index contributed by atoms with van der Waals surface area (Å²) in [6.45, 7) is 4.25. The molecule has 0 aromatic rings. The van der Waals surface area contributed by atoms with Crippen molar-refractivity contribution in [2.75, 3.05) is 6.61 Å². The Morgan fingerprint density at radius 1 is 1.44 bits per heavy atom. The van der Waals surface area contributed by atoms with Crippen LogP contribution in [0.5, 0.6) is 0 Å². The quantitative estimate of drug-likeness (QED) is 0.239. The van der Waals surface area contributed by atoms with Crippen LogP contribution in [-0.2, 0) is 9.53 Å². The Morgan fingerprint density at radius 3 is 2.67 bits per heavy atom. The number of hydrogen-bond acceptors (Lipinski definition) is 2. The van der Waals surface area contributed by atoms with Gasteiger partial charge in [0.2, 0.25) is 0 Å². The van der Waals surface area contributed by atoms with E-state index in [1.165, 1.54) is 12.8 Å². The smallest absolute Gasteiger partial charge is 0.341 e. The van der Waals surface area contributed by atoms with Gasteiger partial charge in [-0.3, -0.25) is 0 Å². The maximum absolute atomic E-state index is 11.9. The van der Waals surface area contributed by atoms with Crippen molar-refractivity contribution in [3.63, 3.8) is 0 Å². The lowest BCUT2D eigenvalue weighted by Crippen LogP contribution is -2.17. The van der Waals surface area contributed by atoms with Crippen molar-refractivity contribution in [1.82, 2.24) is 0 Å². The normalized spacial score (nSPS) is 29.8. The summed E-state index contributed by atoms with van der Waals surface area (Å²) in [6.07, 6.45) is 5.24. The van der Waals surface area contributed by atoms with Gasteiger partial charge in [-0.2, -0.15) is 0 Å². The van der Waals surface area contributed by atoms with Crippen LogP contribution in [0.2, 0.25) is 6.04 Å². The number of carbonyl (C=O) groups excluding carboxylic acids is 1. The molecule has 0 aromatic carbocycles. The lowest BCUT2D eigenvalue weighted by Gasteiger charge is -2.15. The molecule has 2 aliphatic carbocycles. The molecule has 0 bridgehead atoms. The van der Waals surface area contributed by atoms with Gasteiger partial charge in [0.05, 0.1) is 6.61 Å². The van der Waals surface area contributed by atoms with Crippen molar-refractivity contribution in [3.05, 3.63) is 12.2 Å². The van der Waals surface area contributed by atoms with Crippen LogP contribution in [0.25, 0.3) is 0 Å². The van der Waals surface area contributed by atoms with Crippen molar-refractivity contribution in [1.29, 1.82) is 0 Å². The highest BCUT2D eigenvalue weighted by Crippen LogP contribution is 2.67. The monoisotopic (exact) mass is 326 g/mol. The summed E-state index contributed by atoms with van der Waals surface area (Å²) >= 11 is 17.3. The maximum Gasteiger partial charge on any atom is 0.341 e. The number of esters is 1. The van der Waals surface area contributed by atoms with Gasteiger partial charge in [0, 0.05) is 11.0 Å². The van der Waals surface area contributed by atoms with Crippen LogP contribution in [-0.4, -0.2) is 18.6 Å². The van der Waals surface area contributed by atoms with Gasteiger partial charge in [0.1, 0.15) is 0 Å². The van der Waals surface area contributed by atoms with E-state index in [9.17, 15) is 4.79 Å². The van der Waals surface area contributed by atoms with Crippen LogP contribution >= 0.6 is 33.2 Å². The Labute approximate surface area is 123 Å². The first-order valence-corrected chi connectivity index (χ1v) is 11.5. The molecule has 0 amide bonds. The van der Waals surface area contributed by atoms with E-state index in [4.69, 9.17) is 38.0 Å². The number of carbonyl (C=O) groups is 1. The molecule has 2 unspecified atom stereocenters. The third-order valence-electron chi connectivity index (χ3n) is 4.09. The Hall–Kier alpha value is 0.297. The maximum atomic E-state index is 11.9. The van der Waals surface area contributed by atoms with Crippen LogP contribution in [0.1, 0.15) is 32.1 Å². The van der Waals surface area contributed by atoms with E-state index in [-0.39, 0.29) is 11.4 Å². The topological polar surface area (TPSA) is 26.3 Å². The molecular formula is C12H17Cl3O2Si. The van der Waals surface area contributed by atoms with Gasteiger partial charge >= 0.3 is 12.0 Å². The molecule has 2 nitrogen and oxygen atoms in total. The summed E-state index contributed by atoms with van der Waals surface area (Å²) in [4.78, 5) is 11.9. The van der Waals surface area contributed by atoms with Gasteiger partial charge in [0.15, 0.2) is 0 Å².